The maximum absolute atomic E-state index is 6.18. The van der Waals surface area contributed by atoms with E-state index in [-0.39, 0.29) is 0 Å². The third-order valence-corrected chi connectivity index (χ3v) is 3.88. The predicted octanol–water partition coefficient (Wildman–Crippen LogP) is 2.20. The fraction of sp³-hybridized carbons (Fsp3) is 0.500. The molecule has 0 saturated heterocycles. The van der Waals surface area contributed by atoms with Gasteiger partial charge in [0.05, 0.1) is 13.7 Å². The van der Waals surface area contributed by atoms with E-state index >= 15 is 0 Å². The summed E-state index contributed by atoms with van der Waals surface area (Å²) < 4.78 is 5.30. The SMILES string of the molecule is COc1cccc(Cl)c1CN=C(NN)NC1CCCC1. The Bertz CT molecular complexity index is 472. The van der Waals surface area contributed by atoms with Crippen molar-refractivity contribution >= 4 is 17.6 Å². The van der Waals surface area contributed by atoms with Crippen molar-refractivity contribution in [3.05, 3.63) is 28.8 Å². The Morgan fingerprint density at radius 1 is 1.45 bits per heavy atom. The minimum absolute atomic E-state index is 0.419. The summed E-state index contributed by atoms with van der Waals surface area (Å²) in [6.45, 7) is 0.419. The van der Waals surface area contributed by atoms with Gasteiger partial charge < -0.3 is 10.1 Å². The highest BCUT2D eigenvalue weighted by Gasteiger charge is 2.16. The number of rotatable bonds is 4. The van der Waals surface area contributed by atoms with Crippen LogP contribution in [0.2, 0.25) is 5.02 Å². The second kappa shape index (κ2) is 7.36. The monoisotopic (exact) mass is 296 g/mol. The Morgan fingerprint density at radius 3 is 2.85 bits per heavy atom. The van der Waals surface area contributed by atoms with Crippen molar-refractivity contribution in [2.45, 2.75) is 38.3 Å². The molecule has 6 heteroatoms. The maximum Gasteiger partial charge on any atom is 0.206 e. The summed E-state index contributed by atoms with van der Waals surface area (Å²) in [6, 6.07) is 6.01. The molecule has 1 aliphatic rings. The number of guanidine groups is 1. The van der Waals surface area contributed by atoms with Gasteiger partial charge in [-0.2, -0.15) is 0 Å². The molecule has 0 atom stereocenters. The molecular formula is C14H21ClN4O. The smallest absolute Gasteiger partial charge is 0.206 e. The first-order valence-electron chi connectivity index (χ1n) is 6.83. The Hall–Kier alpha value is -1.46. The Kier molecular flexibility index (Phi) is 5.49. The van der Waals surface area contributed by atoms with Crippen molar-refractivity contribution in [1.82, 2.24) is 10.7 Å². The summed E-state index contributed by atoms with van der Waals surface area (Å²) in [7, 11) is 1.62. The number of methoxy groups -OCH3 is 1. The number of aliphatic imine (C=N–C) groups is 1. The first-order valence-corrected chi connectivity index (χ1v) is 7.21. The average Bonchev–Trinajstić information content (AvgIpc) is 2.97. The fourth-order valence-electron chi connectivity index (χ4n) is 2.44. The number of benzene rings is 1. The lowest BCUT2D eigenvalue weighted by Crippen LogP contribution is -2.45. The minimum atomic E-state index is 0.419. The van der Waals surface area contributed by atoms with E-state index in [4.69, 9.17) is 22.2 Å². The van der Waals surface area contributed by atoms with Gasteiger partial charge in [0.1, 0.15) is 5.75 Å². The van der Waals surface area contributed by atoms with Crippen LogP contribution < -0.4 is 21.3 Å². The largest absolute Gasteiger partial charge is 0.496 e. The molecule has 20 heavy (non-hydrogen) atoms. The third kappa shape index (κ3) is 3.77. The lowest BCUT2D eigenvalue weighted by atomic mass is 10.2. The molecule has 5 nitrogen and oxygen atoms in total. The number of hydrogen-bond donors (Lipinski definition) is 3. The number of halogens is 1. The van der Waals surface area contributed by atoms with Crippen molar-refractivity contribution < 1.29 is 4.74 Å². The fourth-order valence-corrected chi connectivity index (χ4v) is 2.66. The van der Waals surface area contributed by atoms with E-state index in [1.54, 1.807) is 7.11 Å². The van der Waals surface area contributed by atoms with E-state index < -0.39 is 0 Å². The van der Waals surface area contributed by atoms with Gasteiger partial charge in [-0.3, -0.25) is 5.43 Å². The molecule has 0 aromatic heterocycles. The zero-order valence-electron chi connectivity index (χ0n) is 11.7. The number of hydrazine groups is 1. The van der Waals surface area contributed by atoms with Gasteiger partial charge in [-0.05, 0) is 25.0 Å². The van der Waals surface area contributed by atoms with Gasteiger partial charge in [-0.1, -0.05) is 30.5 Å². The van der Waals surface area contributed by atoms with Crippen LogP contribution in [0.4, 0.5) is 0 Å². The molecule has 2 rings (SSSR count). The molecule has 0 radical (unpaired) electrons. The van der Waals surface area contributed by atoms with Crippen LogP contribution in [-0.4, -0.2) is 19.1 Å². The van der Waals surface area contributed by atoms with E-state index in [0.717, 1.165) is 24.2 Å². The quantitative estimate of drug-likeness (QED) is 0.345. The number of hydrogen-bond acceptors (Lipinski definition) is 3. The van der Waals surface area contributed by atoms with Crippen LogP contribution in [0.3, 0.4) is 0 Å². The highest BCUT2D eigenvalue weighted by molar-refractivity contribution is 6.31. The van der Waals surface area contributed by atoms with Crippen LogP contribution in [0.5, 0.6) is 5.75 Å². The summed E-state index contributed by atoms with van der Waals surface area (Å²) in [6.07, 6.45) is 4.84. The van der Waals surface area contributed by atoms with E-state index in [1.807, 2.05) is 18.2 Å². The first-order chi connectivity index (χ1) is 9.74. The number of nitrogens with one attached hydrogen (secondary N) is 2. The Labute approximate surface area is 124 Å². The van der Waals surface area contributed by atoms with Crippen molar-refractivity contribution in [3.63, 3.8) is 0 Å². The van der Waals surface area contributed by atoms with E-state index in [2.05, 4.69) is 15.7 Å². The summed E-state index contributed by atoms with van der Waals surface area (Å²) >= 11 is 6.18. The van der Waals surface area contributed by atoms with Crippen LogP contribution in [-0.2, 0) is 6.54 Å². The number of ether oxygens (including phenoxy) is 1. The van der Waals surface area contributed by atoms with Crippen LogP contribution in [0.1, 0.15) is 31.2 Å². The number of nitrogens with two attached hydrogens (primary N) is 1. The van der Waals surface area contributed by atoms with Gasteiger partial charge in [0.2, 0.25) is 5.96 Å². The molecule has 1 saturated carbocycles. The van der Waals surface area contributed by atoms with Crippen molar-refractivity contribution in [1.29, 1.82) is 0 Å². The Morgan fingerprint density at radius 2 is 2.20 bits per heavy atom. The van der Waals surface area contributed by atoms with Gasteiger partial charge >= 0.3 is 0 Å². The molecule has 1 fully saturated rings. The van der Waals surface area contributed by atoms with Crippen LogP contribution >= 0.6 is 11.6 Å². The molecule has 0 unspecified atom stereocenters. The lowest BCUT2D eigenvalue weighted by molar-refractivity contribution is 0.410. The zero-order chi connectivity index (χ0) is 14.4. The van der Waals surface area contributed by atoms with Gasteiger partial charge in [-0.15, -0.1) is 0 Å². The first kappa shape index (κ1) is 14.9. The standard InChI is InChI=1S/C14H21ClN4O/c1-20-13-8-4-7-12(15)11(13)9-17-14(19-16)18-10-5-2-3-6-10/h4,7-8,10H,2-3,5-6,9,16H2,1H3,(H2,17,18,19). The summed E-state index contributed by atoms with van der Waals surface area (Å²) in [5.41, 5.74) is 3.47. The van der Waals surface area contributed by atoms with Crippen LogP contribution in [0.15, 0.2) is 23.2 Å². The molecule has 4 N–H and O–H groups in total. The van der Waals surface area contributed by atoms with E-state index in [0.29, 0.717) is 23.6 Å². The Balaban J connectivity index is 2.05. The van der Waals surface area contributed by atoms with Gasteiger partial charge in [-0.25, -0.2) is 10.8 Å². The normalized spacial score (nSPS) is 16.2. The second-order valence-corrected chi connectivity index (χ2v) is 5.26. The van der Waals surface area contributed by atoms with Crippen molar-refractivity contribution in [3.8, 4) is 5.75 Å². The van der Waals surface area contributed by atoms with Gasteiger partial charge in [0.15, 0.2) is 0 Å². The van der Waals surface area contributed by atoms with Gasteiger partial charge in [0, 0.05) is 16.6 Å². The van der Waals surface area contributed by atoms with E-state index in [9.17, 15) is 0 Å². The molecule has 0 spiro atoms. The van der Waals surface area contributed by atoms with Crippen molar-refractivity contribution in [2.24, 2.45) is 10.8 Å². The third-order valence-electron chi connectivity index (χ3n) is 3.52. The summed E-state index contributed by atoms with van der Waals surface area (Å²) in [5.74, 6) is 6.85. The van der Waals surface area contributed by atoms with Crippen LogP contribution in [0, 0.1) is 0 Å². The molecule has 0 bridgehead atoms. The molecule has 110 valence electrons. The molecule has 1 aliphatic carbocycles. The highest BCUT2D eigenvalue weighted by Crippen LogP contribution is 2.26. The zero-order valence-corrected chi connectivity index (χ0v) is 12.4. The van der Waals surface area contributed by atoms with Crippen LogP contribution in [0.25, 0.3) is 0 Å². The number of nitrogens with zero attached hydrogens (tertiary/aromatic N) is 1. The molecule has 0 aliphatic heterocycles. The topological polar surface area (TPSA) is 71.7 Å². The molecular weight excluding hydrogens is 276 g/mol. The average molecular weight is 297 g/mol. The predicted molar refractivity (Wildman–Crippen MR) is 81.9 cm³/mol. The molecule has 0 heterocycles. The molecule has 1 aromatic carbocycles. The molecule has 0 amide bonds. The highest BCUT2D eigenvalue weighted by atomic mass is 35.5. The molecule has 1 aromatic rings. The second-order valence-electron chi connectivity index (χ2n) is 4.86. The summed E-state index contributed by atoms with van der Waals surface area (Å²) in [4.78, 5) is 4.45. The van der Waals surface area contributed by atoms with E-state index in [1.165, 1.54) is 12.8 Å². The van der Waals surface area contributed by atoms with Crippen molar-refractivity contribution in [2.75, 3.05) is 7.11 Å². The lowest BCUT2D eigenvalue weighted by Gasteiger charge is -2.15. The minimum Gasteiger partial charge on any atom is -0.496 e. The summed E-state index contributed by atoms with van der Waals surface area (Å²) in [5, 5.41) is 3.97. The van der Waals surface area contributed by atoms with Gasteiger partial charge in [0.25, 0.3) is 0 Å². The maximum atomic E-state index is 6.18.